The average Bonchev–Trinajstić information content (AvgIpc) is 2.83. The number of piperazine rings is 1. The van der Waals surface area contributed by atoms with Crippen molar-refractivity contribution in [2.45, 2.75) is 24.7 Å². The molecule has 9 heteroatoms. The van der Waals surface area contributed by atoms with Crippen molar-refractivity contribution in [3.63, 3.8) is 0 Å². The van der Waals surface area contributed by atoms with Crippen LogP contribution in [0.2, 0.25) is 0 Å². The SMILES string of the molecule is COc1ccc(CCN2CCN(C(=O)CCNS(=O)(=O)c3ccc(C(C)=O)cc3)CC2)cc1. The minimum atomic E-state index is -3.72. The third-order valence-corrected chi connectivity index (χ3v) is 7.28. The third kappa shape index (κ3) is 7.12. The molecule has 1 aliphatic rings. The number of amides is 1. The first-order chi connectivity index (χ1) is 15.8. The van der Waals surface area contributed by atoms with Gasteiger partial charge < -0.3 is 9.64 Å². The molecule has 1 amide bonds. The van der Waals surface area contributed by atoms with Crippen LogP contribution >= 0.6 is 0 Å². The third-order valence-electron chi connectivity index (χ3n) is 5.80. The summed E-state index contributed by atoms with van der Waals surface area (Å²) in [6.45, 7) is 5.27. The largest absolute Gasteiger partial charge is 0.497 e. The van der Waals surface area contributed by atoms with Crippen LogP contribution in [0.1, 0.15) is 29.3 Å². The highest BCUT2D eigenvalue weighted by Gasteiger charge is 2.21. The monoisotopic (exact) mass is 473 g/mol. The van der Waals surface area contributed by atoms with E-state index in [0.717, 1.165) is 31.8 Å². The highest BCUT2D eigenvalue weighted by molar-refractivity contribution is 7.89. The number of Topliss-reactive ketones (excluding diaryl/α,β-unsaturated/α-hetero) is 1. The highest BCUT2D eigenvalue weighted by Crippen LogP contribution is 2.13. The van der Waals surface area contributed by atoms with Crippen molar-refractivity contribution in [1.82, 2.24) is 14.5 Å². The number of benzene rings is 2. The first kappa shape index (κ1) is 24.9. The molecule has 1 heterocycles. The molecule has 33 heavy (non-hydrogen) atoms. The Kier molecular flexibility index (Phi) is 8.60. The summed E-state index contributed by atoms with van der Waals surface area (Å²) in [4.78, 5) is 28.0. The number of hydrogen-bond donors (Lipinski definition) is 1. The maximum absolute atomic E-state index is 12.5. The molecule has 2 aromatic rings. The Morgan fingerprint density at radius 1 is 0.970 bits per heavy atom. The van der Waals surface area contributed by atoms with E-state index in [1.54, 1.807) is 12.0 Å². The molecule has 0 radical (unpaired) electrons. The molecule has 0 unspecified atom stereocenters. The van der Waals surface area contributed by atoms with Crippen LogP contribution in [0.25, 0.3) is 0 Å². The van der Waals surface area contributed by atoms with Gasteiger partial charge in [0.25, 0.3) is 0 Å². The molecular formula is C24H31N3O5S. The van der Waals surface area contributed by atoms with Crippen molar-refractivity contribution < 1.29 is 22.7 Å². The van der Waals surface area contributed by atoms with Gasteiger partial charge in [-0.05, 0) is 43.2 Å². The number of nitrogens with zero attached hydrogens (tertiary/aromatic N) is 2. The Balaban J connectivity index is 1.38. The predicted octanol–water partition coefficient (Wildman–Crippen LogP) is 1.95. The molecular weight excluding hydrogens is 442 g/mol. The molecule has 1 N–H and O–H groups in total. The first-order valence-electron chi connectivity index (χ1n) is 11.0. The first-order valence-corrected chi connectivity index (χ1v) is 12.5. The number of sulfonamides is 1. The number of nitrogens with one attached hydrogen (secondary N) is 1. The van der Waals surface area contributed by atoms with Gasteiger partial charge in [-0.15, -0.1) is 0 Å². The van der Waals surface area contributed by atoms with E-state index in [0.29, 0.717) is 18.7 Å². The zero-order chi connectivity index (χ0) is 23.8. The van der Waals surface area contributed by atoms with Crippen LogP contribution in [0.3, 0.4) is 0 Å². The summed E-state index contributed by atoms with van der Waals surface area (Å²) in [6.07, 6.45) is 1.05. The number of hydrogen-bond acceptors (Lipinski definition) is 6. The van der Waals surface area contributed by atoms with E-state index in [1.165, 1.54) is 36.8 Å². The molecule has 1 aliphatic heterocycles. The molecule has 0 atom stereocenters. The van der Waals surface area contributed by atoms with Crippen molar-refractivity contribution in [3.8, 4) is 5.75 Å². The van der Waals surface area contributed by atoms with E-state index in [-0.39, 0.29) is 29.6 Å². The fourth-order valence-corrected chi connectivity index (χ4v) is 4.73. The number of ketones is 1. The number of methoxy groups -OCH3 is 1. The van der Waals surface area contributed by atoms with Gasteiger partial charge >= 0.3 is 0 Å². The Labute approximate surface area is 195 Å². The zero-order valence-corrected chi connectivity index (χ0v) is 19.9. The summed E-state index contributed by atoms with van der Waals surface area (Å²) < 4.78 is 32.5. The quantitative estimate of drug-likeness (QED) is 0.530. The second-order valence-corrected chi connectivity index (χ2v) is 9.82. The van der Waals surface area contributed by atoms with Crippen LogP contribution in [-0.2, 0) is 21.2 Å². The molecule has 178 valence electrons. The smallest absolute Gasteiger partial charge is 0.240 e. The second kappa shape index (κ2) is 11.4. The lowest BCUT2D eigenvalue weighted by molar-refractivity contribution is -0.132. The topological polar surface area (TPSA) is 96.0 Å². The average molecular weight is 474 g/mol. The van der Waals surface area contributed by atoms with Crippen molar-refractivity contribution in [3.05, 3.63) is 59.7 Å². The molecule has 8 nitrogen and oxygen atoms in total. The molecule has 0 spiro atoms. The van der Waals surface area contributed by atoms with Crippen molar-refractivity contribution in [2.24, 2.45) is 0 Å². The Morgan fingerprint density at radius 2 is 1.61 bits per heavy atom. The molecule has 1 saturated heterocycles. The van der Waals surface area contributed by atoms with E-state index in [2.05, 4.69) is 21.8 Å². The van der Waals surface area contributed by atoms with Crippen molar-refractivity contribution >= 4 is 21.7 Å². The fraction of sp³-hybridized carbons (Fsp3) is 0.417. The van der Waals surface area contributed by atoms with Gasteiger partial charge in [-0.25, -0.2) is 13.1 Å². The van der Waals surface area contributed by atoms with E-state index in [4.69, 9.17) is 4.74 Å². The predicted molar refractivity (Wildman–Crippen MR) is 126 cm³/mol. The molecule has 0 aromatic heterocycles. The summed E-state index contributed by atoms with van der Waals surface area (Å²) in [5.74, 6) is 0.664. The van der Waals surface area contributed by atoms with Crippen LogP contribution in [0.15, 0.2) is 53.4 Å². The van der Waals surface area contributed by atoms with E-state index in [9.17, 15) is 18.0 Å². The molecule has 0 bridgehead atoms. The van der Waals surface area contributed by atoms with E-state index in [1.807, 2.05) is 12.1 Å². The van der Waals surface area contributed by atoms with Crippen LogP contribution in [-0.4, -0.2) is 76.3 Å². The van der Waals surface area contributed by atoms with E-state index >= 15 is 0 Å². The fourth-order valence-electron chi connectivity index (χ4n) is 3.70. The normalized spacial score (nSPS) is 14.8. The number of ether oxygens (including phenoxy) is 1. The highest BCUT2D eigenvalue weighted by atomic mass is 32.2. The molecule has 1 fully saturated rings. The summed E-state index contributed by atoms with van der Waals surface area (Å²) >= 11 is 0. The standard InChI is InChI=1S/C24H31N3O5S/c1-19(28)21-5-9-23(10-6-21)33(30,31)25-13-11-24(29)27-17-15-26(16-18-27)14-12-20-3-7-22(32-2)8-4-20/h3-10,25H,11-18H2,1-2H3. The van der Waals surface area contributed by atoms with Gasteiger partial charge in [-0.1, -0.05) is 24.3 Å². The number of rotatable bonds is 10. The number of carbonyl (C=O) groups is 2. The lowest BCUT2D eigenvalue weighted by atomic mass is 10.1. The molecule has 2 aromatic carbocycles. The Morgan fingerprint density at radius 3 is 2.18 bits per heavy atom. The van der Waals surface area contributed by atoms with Crippen LogP contribution in [0, 0.1) is 0 Å². The summed E-state index contributed by atoms with van der Waals surface area (Å²) in [6, 6.07) is 13.8. The molecule has 3 rings (SSSR count). The molecule has 0 saturated carbocycles. The number of carbonyl (C=O) groups excluding carboxylic acids is 2. The van der Waals surface area contributed by atoms with Gasteiger partial charge in [-0.2, -0.15) is 0 Å². The minimum absolute atomic E-state index is 0.0350. The van der Waals surface area contributed by atoms with Crippen LogP contribution in [0.4, 0.5) is 0 Å². The van der Waals surface area contributed by atoms with Gasteiger partial charge in [0.2, 0.25) is 15.9 Å². The van der Waals surface area contributed by atoms with Gasteiger partial charge in [0.05, 0.1) is 12.0 Å². The zero-order valence-electron chi connectivity index (χ0n) is 19.1. The summed E-state index contributed by atoms with van der Waals surface area (Å²) in [7, 11) is -2.07. The lowest BCUT2D eigenvalue weighted by Crippen LogP contribution is -2.49. The van der Waals surface area contributed by atoms with Gasteiger partial charge in [0.1, 0.15) is 5.75 Å². The second-order valence-electron chi connectivity index (χ2n) is 8.05. The van der Waals surface area contributed by atoms with Crippen LogP contribution < -0.4 is 9.46 Å². The van der Waals surface area contributed by atoms with Gasteiger partial charge in [0.15, 0.2) is 5.78 Å². The van der Waals surface area contributed by atoms with E-state index < -0.39 is 10.0 Å². The maximum Gasteiger partial charge on any atom is 0.240 e. The summed E-state index contributed by atoms with van der Waals surface area (Å²) in [5.41, 5.74) is 1.70. The Hall–Kier alpha value is -2.75. The van der Waals surface area contributed by atoms with Crippen molar-refractivity contribution in [1.29, 1.82) is 0 Å². The maximum atomic E-state index is 12.5. The van der Waals surface area contributed by atoms with Crippen LogP contribution in [0.5, 0.6) is 5.75 Å². The van der Waals surface area contributed by atoms with Crippen molar-refractivity contribution in [2.75, 3.05) is 46.4 Å². The Bertz CT molecular complexity index is 1040. The minimum Gasteiger partial charge on any atom is -0.497 e. The lowest BCUT2D eigenvalue weighted by Gasteiger charge is -2.34. The summed E-state index contributed by atoms with van der Waals surface area (Å²) in [5, 5.41) is 0. The van der Waals surface area contributed by atoms with Gasteiger partial charge in [-0.3, -0.25) is 14.5 Å². The molecule has 0 aliphatic carbocycles. The van der Waals surface area contributed by atoms with Gasteiger partial charge in [0, 0.05) is 51.3 Å².